The fourth-order valence-electron chi connectivity index (χ4n) is 5.90. The molecule has 0 spiro atoms. The van der Waals surface area contributed by atoms with Gasteiger partial charge in [-0.1, -0.05) is 48.0 Å². The third kappa shape index (κ3) is 7.20. The van der Waals surface area contributed by atoms with Gasteiger partial charge in [-0.15, -0.1) is 0 Å². The Labute approximate surface area is 282 Å². The molecule has 1 saturated heterocycles. The molecule has 1 aliphatic rings. The number of fused-ring (bicyclic) bond motifs is 1. The fourth-order valence-corrected chi connectivity index (χ4v) is 6.06. The summed E-state index contributed by atoms with van der Waals surface area (Å²) in [5, 5.41) is 3.33. The summed E-state index contributed by atoms with van der Waals surface area (Å²) in [5.74, 6) is 1.33. The van der Waals surface area contributed by atoms with Crippen LogP contribution < -0.4 is 10.1 Å². The van der Waals surface area contributed by atoms with Crippen molar-refractivity contribution in [2.24, 2.45) is 7.05 Å². The van der Waals surface area contributed by atoms with Crippen LogP contribution in [0.1, 0.15) is 40.4 Å². The van der Waals surface area contributed by atoms with Crippen LogP contribution in [0.4, 0.5) is 10.1 Å². The topological polar surface area (TPSA) is 98.1 Å². The number of nitrogens with zero attached hydrogens (tertiary/aromatic N) is 6. The number of pyridine rings is 1. The number of piperidine rings is 1. The molecule has 242 valence electrons. The van der Waals surface area contributed by atoms with Crippen molar-refractivity contribution in [3.63, 3.8) is 0 Å². The van der Waals surface area contributed by atoms with Crippen molar-refractivity contribution in [1.82, 2.24) is 29.4 Å². The van der Waals surface area contributed by atoms with Crippen molar-refractivity contribution in [3.8, 4) is 17.1 Å². The van der Waals surface area contributed by atoms with E-state index in [4.69, 9.17) is 21.3 Å². The van der Waals surface area contributed by atoms with E-state index in [0.717, 1.165) is 54.0 Å². The number of carbonyl (C=O) groups is 1. The number of anilines is 1. The van der Waals surface area contributed by atoms with Gasteiger partial charge in [0.25, 0.3) is 5.91 Å². The Morgan fingerprint density at radius 1 is 0.979 bits per heavy atom. The number of nitrogens with one attached hydrogen (secondary N) is 1. The number of benzene rings is 3. The van der Waals surface area contributed by atoms with E-state index < -0.39 is 0 Å². The number of hydrogen-bond acceptors (Lipinski definition) is 7. The van der Waals surface area contributed by atoms with Crippen LogP contribution in [0, 0.1) is 5.82 Å². The Kier molecular flexibility index (Phi) is 9.09. The predicted octanol–water partition coefficient (Wildman–Crippen LogP) is 7.10. The molecule has 11 heteroatoms. The van der Waals surface area contributed by atoms with Crippen LogP contribution in [0.2, 0.25) is 5.02 Å². The first-order chi connectivity index (χ1) is 23.4. The Bertz CT molecular complexity index is 2060. The van der Waals surface area contributed by atoms with E-state index in [1.165, 1.54) is 6.07 Å². The van der Waals surface area contributed by atoms with E-state index in [9.17, 15) is 9.18 Å². The third-order valence-electron chi connectivity index (χ3n) is 8.56. The monoisotopic (exact) mass is 661 g/mol. The number of hydrogen-bond donors (Lipinski definition) is 1. The van der Waals surface area contributed by atoms with E-state index >= 15 is 0 Å². The standard InChI is InChI=1S/C37H33ClFN7O2/c1-45-33-12-10-28(42-37(47)26-8-11-31(41-22-26)24-5-3-2-4-6-24)21-32(33)43-35(45)23-46-17-14-29(15-18-46)48-36-13-16-40-34(44-36)19-25-7-9-27(38)20-30(25)39/h2-13,16,20-22,29H,14-15,17-19,23H2,1H3,(H,42,47). The van der Waals surface area contributed by atoms with Gasteiger partial charge in [0.2, 0.25) is 5.88 Å². The van der Waals surface area contributed by atoms with Gasteiger partial charge in [0.15, 0.2) is 0 Å². The quantitative estimate of drug-likeness (QED) is 0.176. The molecule has 7 rings (SSSR count). The summed E-state index contributed by atoms with van der Waals surface area (Å²) in [4.78, 5) is 33.5. The molecule has 48 heavy (non-hydrogen) atoms. The number of likely N-dealkylation sites (tertiary alicyclic amines) is 1. The van der Waals surface area contributed by atoms with E-state index in [2.05, 4.69) is 29.7 Å². The molecule has 9 nitrogen and oxygen atoms in total. The van der Waals surface area contributed by atoms with Gasteiger partial charge in [-0.05, 0) is 60.9 Å². The van der Waals surface area contributed by atoms with Crippen LogP contribution in [0.3, 0.4) is 0 Å². The maximum absolute atomic E-state index is 14.3. The molecule has 6 aromatic rings. The third-order valence-corrected chi connectivity index (χ3v) is 8.79. The molecule has 3 aromatic heterocycles. The van der Waals surface area contributed by atoms with Gasteiger partial charge in [-0.3, -0.25) is 14.7 Å². The predicted molar refractivity (Wildman–Crippen MR) is 184 cm³/mol. The summed E-state index contributed by atoms with van der Waals surface area (Å²) < 4.78 is 22.6. The second-order valence-corrected chi connectivity index (χ2v) is 12.3. The first-order valence-electron chi connectivity index (χ1n) is 15.8. The highest BCUT2D eigenvalue weighted by molar-refractivity contribution is 6.30. The average molecular weight is 662 g/mol. The van der Waals surface area contributed by atoms with Gasteiger partial charge in [0.05, 0.1) is 28.8 Å². The van der Waals surface area contributed by atoms with Gasteiger partial charge in [0, 0.05) is 61.3 Å². The molecule has 1 amide bonds. The molecule has 0 unspecified atom stereocenters. The number of ether oxygens (including phenoxy) is 1. The van der Waals surface area contributed by atoms with Crippen molar-refractivity contribution in [2.45, 2.75) is 31.9 Å². The molecule has 0 saturated carbocycles. The highest BCUT2D eigenvalue weighted by Gasteiger charge is 2.23. The van der Waals surface area contributed by atoms with Gasteiger partial charge < -0.3 is 14.6 Å². The minimum absolute atomic E-state index is 0.0209. The molecular weight excluding hydrogens is 629 g/mol. The van der Waals surface area contributed by atoms with E-state index in [1.54, 1.807) is 36.7 Å². The first-order valence-corrected chi connectivity index (χ1v) is 16.2. The molecule has 0 aliphatic carbocycles. The zero-order valence-corrected chi connectivity index (χ0v) is 27.1. The van der Waals surface area contributed by atoms with Gasteiger partial charge in [0.1, 0.15) is 23.6 Å². The van der Waals surface area contributed by atoms with Crippen molar-refractivity contribution in [1.29, 1.82) is 0 Å². The minimum atomic E-state index is -0.378. The van der Waals surface area contributed by atoms with Gasteiger partial charge in [-0.25, -0.2) is 14.4 Å². The maximum Gasteiger partial charge on any atom is 0.257 e. The Morgan fingerprint density at radius 3 is 2.58 bits per heavy atom. The molecular formula is C37H33ClFN7O2. The number of imidazole rings is 1. The summed E-state index contributed by atoms with van der Waals surface area (Å²) >= 11 is 5.88. The summed E-state index contributed by atoms with van der Waals surface area (Å²) in [5.41, 5.74) is 5.27. The zero-order valence-electron chi connectivity index (χ0n) is 26.3. The molecule has 1 aliphatic heterocycles. The van der Waals surface area contributed by atoms with E-state index in [1.807, 2.05) is 61.6 Å². The Morgan fingerprint density at radius 2 is 1.81 bits per heavy atom. The fraction of sp³-hybridized carbons (Fsp3) is 0.216. The lowest BCUT2D eigenvalue weighted by Crippen LogP contribution is -2.38. The van der Waals surface area contributed by atoms with Gasteiger partial charge >= 0.3 is 0 Å². The summed E-state index contributed by atoms with van der Waals surface area (Å²) in [6.07, 6.45) is 5.19. The molecule has 0 bridgehead atoms. The van der Waals surface area contributed by atoms with Crippen LogP contribution in [0.25, 0.3) is 22.3 Å². The lowest BCUT2D eigenvalue weighted by atomic mass is 10.1. The second-order valence-electron chi connectivity index (χ2n) is 11.9. The normalized spacial score (nSPS) is 13.9. The molecule has 1 N–H and O–H groups in total. The smallest absolute Gasteiger partial charge is 0.257 e. The zero-order chi connectivity index (χ0) is 33.0. The van der Waals surface area contributed by atoms with Crippen molar-refractivity contribution in [2.75, 3.05) is 18.4 Å². The lowest BCUT2D eigenvalue weighted by Gasteiger charge is -2.31. The van der Waals surface area contributed by atoms with Crippen molar-refractivity contribution >= 4 is 34.2 Å². The second kappa shape index (κ2) is 13.9. The molecule has 0 atom stereocenters. The van der Waals surface area contributed by atoms with Crippen LogP contribution in [-0.2, 0) is 20.0 Å². The molecule has 1 fully saturated rings. The first kappa shape index (κ1) is 31.4. The number of rotatable bonds is 9. The summed E-state index contributed by atoms with van der Waals surface area (Å²) in [6.45, 7) is 2.39. The summed E-state index contributed by atoms with van der Waals surface area (Å²) in [6, 6.07) is 25.6. The SMILES string of the molecule is Cn1c(CN2CCC(Oc3ccnc(Cc4ccc(Cl)cc4F)n3)CC2)nc2cc(NC(=O)c3ccc(-c4ccccc4)nc3)ccc21. The van der Waals surface area contributed by atoms with Gasteiger partial charge in [-0.2, -0.15) is 4.98 Å². The van der Waals surface area contributed by atoms with Crippen molar-refractivity contribution in [3.05, 3.63) is 131 Å². The maximum atomic E-state index is 14.3. The molecule has 3 aromatic carbocycles. The number of aromatic nitrogens is 5. The van der Waals surface area contributed by atoms with Crippen LogP contribution in [0.5, 0.6) is 5.88 Å². The lowest BCUT2D eigenvalue weighted by molar-refractivity contribution is 0.0912. The Balaban J connectivity index is 0.935. The number of aryl methyl sites for hydroxylation is 1. The minimum Gasteiger partial charge on any atom is -0.474 e. The Hall–Kier alpha value is -5.19. The highest BCUT2D eigenvalue weighted by atomic mass is 35.5. The highest BCUT2D eigenvalue weighted by Crippen LogP contribution is 2.24. The molecule has 0 radical (unpaired) electrons. The van der Waals surface area contributed by atoms with E-state index in [0.29, 0.717) is 40.1 Å². The average Bonchev–Trinajstić information content (AvgIpc) is 3.41. The van der Waals surface area contributed by atoms with Crippen LogP contribution in [-0.4, -0.2) is 54.5 Å². The number of halogens is 2. The van der Waals surface area contributed by atoms with E-state index in [-0.39, 0.29) is 24.2 Å². The van der Waals surface area contributed by atoms with Crippen LogP contribution >= 0.6 is 11.6 Å². The van der Waals surface area contributed by atoms with Crippen LogP contribution in [0.15, 0.2) is 97.3 Å². The molecule has 4 heterocycles. The van der Waals surface area contributed by atoms with Crippen molar-refractivity contribution < 1.29 is 13.9 Å². The number of amides is 1. The largest absolute Gasteiger partial charge is 0.474 e. The number of carbonyl (C=O) groups excluding carboxylic acids is 1. The summed E-state index contributed by atoms with van der Waals surface area (Å²) in [7, 11) is 2.02.